The smallest absolute Gasteiger partial charge is 0.0499 e. The SMILES string of the molecule is CC(N)C(c1ccc(Br)cc1)N1CCCN(C)CC1C. The quantitative estimate of drug-likeness (QED) is 0.918. The minimum atomic E-state index is 0.127. The number of hydrogen-bond acceptors (Lipinski definition) is 3. The summed E-state index contributed by atoms with van der Waals surface area (Å²) < 4.78 is 1.12. The van der Waals surface area contributed by atoms with Gasteiger partial charge in [-0.1, -0.05) is 28.1 Å². The molecule has 0 spiro atoms. The Morgan fingerprint density at radius 2 is 1.90 bits per heavy atom. The van der Waals surface area contributed by atoms with Crippen molar-refractivity contribution >= 4 is 15.9 Å². The van der Waals surface area contributed by atoms with Crippen molar-refractivity contribution in [3.63, 3.8) is 0 Å². The first-order valence-electron chi connectivity index (χ1n) is 7.44. The lowest BCUT2D eigenvalue weighted by Crippen LogP contribution is -2.46. The molecule has 1 fully saturated rings. The van der Waals surface area contributed by atoms with Crippen LogP contribution in [-0.4, -0.2) is 48.6 Å². The van der Waals surface area contributed by atoms with Crippen LogP contribution in [0.1, 0.15) is 31.9 Å². The molecule has 2 rings (SSSR count). The van der Waals surface area contributed by atoms with Crippen molar-refractivity contribution in [2.24, 2.45) is 5.73 Å². The van der Waals surface area contributed by atoms with Gasteiger partial charge in [0.1, 0.15) is 0 Å². The summed E-state index contributed by atoms with van der Waals surface area (Å²) in [5, 5.41) is 0. The number of nitrogens with two attached hydrogens (primary N) is 1. The molecule has 3 nitrogen and oxygen atoms in total. The van der Waals surface area contributed by atoms with E-state index >= 15 is 0 Å². The third-order valence-corrected chi connectivity index (χ3v) is 4.69. The average Bonchev–Trinajstić information content (AvgIpc) is 2.54. The van der Waals surface area contributed by atoms with Crippen LogP contribution in [-0.2, 0) is 0 Å². The fourth-order valence-electron chi connectivity index (χ4n) is 3.26. The van der Waals surface area contributed by atoms with Crippen molar-refractivity contribution < 1.29 is 0 Å². The molecular formula is C16H26BrN3. The van der Waals surface area contributed by atoms with E-state index < -0.39 is 0 Å². The highest BCUT2D eigenvalue weighted by Crippen LogP contribution is 2.28. The lowest BCUT2D eigenvalue weighted by atomic mass is 9.97. The molecule has 1 saturated heterocycles. The minimum absolute atomic E-state index is 0.127. The zero-order chi connectivity index (χ0) is 14.7. The van der Waals surface area contributed by atoms with Gasteiger partial charge in [0, 0.05) is 35.7 Å². The van der Waals surface area contributed by atoms with Gasteiger partial charge in [-0.25, -0.2) is 0 Å². The number of nitrogens with zero attached hydrogens (tertiary/aromatic N) is 2. The Balaban J connectivity index is 2.25. The van der Waals surface area contributed by atoms with Gasteiger partial charge in [-0.2, -0.15) is 0 Å². The van der Waals surface area contributed by atoms with E-state index in [1.807, 2.05) is 0 Å². The fraction of sp³-hybridized carbons (Fsp3) is 0.625. The summed E-state index contributed by atoms with van der Waals surface area (Å²) in [5.74, 6) is 0. The zero-order valence-electron chi connectivity index (χ0n) is 12.7. The predicted octanol–water partition coefficient (Wildman–Crippen LogP) is 2.86. The Morgan fingerprint density at radius 3 is 2.50 bits per heavy atom. The zero-order valence-corrected chi connectivity index (χ0v) is 14.3. The van der Waals surface area contributed by atoms with Crippen LogP contribution in [0, 0.1) is 0 Å². The maximum absolute atomic E-state index is 6.32. The molecule has 1 aromatic carbocycles. The summed E-state index contributed by atoms with van der Waals surface area (Å²) in [6, 6.07) is 9.56. The second kappa shape index (κ2) is 7.03. The van der Waals surface area contributed by atoms with Gasteiger partial charge < -0.3 is 10.6 Å². The Kier molecular flexibility index (Phi) is 5.61. The van der Waals surface area contributed by atoms with E-state index in [-0.39, 0.29) is 6.04 Å². The highest BCUT2D eigenvalue weighted by atomic mass is 79.9. The third kappa shape index (κ3) is 3.82. The third-order valence-electron chi connectivity index (χ3n) is 4.17. The fourth-order valence-corrected chi connectivity index (χ4v) is 3.53. The van der Waals surface area contributed by atoms with E-state index in [2.05, 4.69) is 70.9 Å². The van der Waals surface area contributed by atoms with Gasteiger partial charge >= 0.3 is 0 Å². The molecule has 0 aliphatic carbocycles. The molecule has 2 N–H and O–H groups in total. The van der Waals surface area contributed by atoms with Crippen LogP contribution in [0.25, 0.3) is 0 Å². The second-order valence-corrected chi connectivity index (χ2v) is 6.97. The molecule has 3 atom stereocenters. The van der Waals surface area contributed by atoms with E-state index in [9.17, 15) is 0 Å². The molecule has 3 unspecified atom stereocenters. The van der Waals surface area contributed by atoms with Gasteiger partial charge in [-0.3, -0.25) is 4.90 Å². The molecule has 20 heavy (non-hydrogen) atoms. The molecule has 0 bridgehead atoms. The standard InChI is InChI=1S/C16H26BrN3/c1-12-11-19(3)9-4-10-20(12)16(13(2)18)14-5-7-15(17)8-6-14/h5-8,12-13,16H,4,9-11,18H2,1-3H3. The van der Waals surface area contributed by atoms with Gasteiger partial charge in [0.05, 0.1) is 0 Å². The van der Waals surface area contributed by atoms with E-state index in [1.165, 1.54) is 18.5 Å². The molecule has 0 saturated carbocycles. The summed E-state index contributed by atoms with van der Waals surface area (Å²) >= 11 is 3.51. The molecular weight excluding hydrogens is 314 g/mol. The average molecular weight is 340 g/mol. The molecule has 112 valence electrons. The molecule has 1 heterocycles. The Bertz CT molecular complexity index is 418. The van der Waals surface area contributed by atoms with Gasteiger partial charge in [-0.15, -0.1) is 0 Å². The van der Waals surface area contributed by atoms with Gasteiger partial charge in [0.25, 0.3) is 0 Å². The highest BCUT2D eigenvalue weighted by Gasteiger charge is 2.29. The van der Waals surface area contributed by atoms with Gasteiger partial charge in [0.2, 0.25) is 0 Å². The van der Waals surface area contributed by atoms with Crippen LogP contribution in [0.4, 0.5) is 0 Å². The van der Waals surface area contributed by atoms with Crippen LogP contribution >= 0.6 is 15.9 Å². The maximum atomic E-state index is 6.32. The first-order valence-corrected chi connectivity index (χ1v) is 8.23. The molecule has 4 heteroatoms. The van der Waals surface area contributed by atoms with E-state index in [0.29, 0.717) is 12.1 Å². The molecule has 0 amide bonds. The Labute approximate surface area is 131 Å². The van der Waals surface area contributed by atoms with Gasteiger partial charge in [0.15, 0.2) is 0 Å². The van der Waals surface area contributed by atoms with Crippen LogP contribution in [0.5, 0.6) is 0 Å². The lowest BCUT2D eigenvalue weighted by molar-refractivity contribution is 0.127. The molecule has 1 aromatic rings. The van der Waals surface area contributed by atoms with Crippen LogP contribution in [0.15, 0.2) is 28.7 Å². The summed E-state index contributed by atoms with van der Waals surface area (Å²) in [5.41, 5.74) is 7.64. The van der Waals surface area contributed by atoms with Crippen LogP contribution in [0.2, 0.25) is 0 Å². The summed E-state index contributed by atoms with van der Waals surface area (Å²) in [6.45, 7) is 7.84. The van der Waals surface area contributed by atoms with Crippen molar-refractivity contribution in [3.8, 4) is 0 Å². The summed E-state index contributed by atoms with van der Waals surface area (Å²) in [6.07, 6.45) is 1.21. The number of halogens is 1. The molecule has 0 aromatic heterocycles. The van der Waals surface area contributed by atoms with Crippen molar-refractivity contribution in [2.75, 3.05) is 26.7 Å². The monoisotopic (exact) mass is 339 g/mol. The van der Waals surface area contributed by atoms with Crippen molar-refractivity contribution in [3.05, 3.63) is 34.3 Å². The van der Waals surface area contributed by atoms with E-state index in [0.717, 1.165) is 17.6 Å². The molecule has 1 aliphatic rings. The summed E-state index contributed by atoms with van der Waals surface area (Å²) in [4.78, 5) is 5.00. The first kappa shape index (κ1) is 16.0. The van der Waals surface area contributed by atoms with E-state index in [4.69, 9.17) is 5.73 Å². The lowest BCUT2D eigenvalue weighted by Gasteiger charge is -2.38. The topological polar surface area (TPSA) is 32.5 Å². The predicted molar refractivity (Wildman–Crippen MR) is 88.8 cm³/mol. The van der Waals surface area contributed by atoms with Crippen molar-refractivity contribution in [1.29, 1.82) is 0 Å². The Morgan fingerprint density at radius 1 is 1.25 bits per heavy atom. The van der Waals surface area contributed by atoms with E-state index in [1.54, 1.807) is 0 Å². The Hall–Kier alpha value is -0.420. The summed E-state index contributed by atoms with van der Waals surface area (Å²) in [7, 11) is 2.21. The highest BCUT2D eigenvalue weighted by molar-refractivity contribution is 9.10. The molecule has 1 aliphatic heterocycles. The maximum Gasteiger partial charge on any atom is 0.0499 e. The van der Waals surface area contributed by atoms with Crippen LogP contribution < -0.4 is 5.73 Å². The normalized spacial score (nSPS) is 25.1. The van der Waals surface area contributed by atoms with Crippen LogP contribution in [0.3, 0.4) is 0 Å². The van der Waals surface area contributed by atoms with Gasteiger partial charge in [-0.05, 0) is 51.6 Å². The molecule has 0 radical (unpaired) electrons. The number of benzene rings is 1. The number of likely N-dealkylation sites (N-methyl/N-ethyl adjacent to an activating group) is 1. The number of rotatable bonds is 3. The minimum Gasteiger partial charge on any atom is -0.326 e. The van der Waals surface area contributed by atoms with Crippen molar-refractivity contribution in [2.45, 2.75) is 38.4 Å². The second-order valence-electron chi connectivity index (χ2n) is 6.06. The van der Waals surface area contributed by atoms with Crippen molar-refractivity contribution in [1.82, 2.24) is 9.80 Å². The first-order chi connectivity index (χ1) is 9.49. The number of hydrogen-bond donors (Lipinski definition) is 1. The largest absolute Gasteiger partial charge is 0.326 e.